The number of aryl methyl sites for hydroxylation is 2. The minimum Gasteiger partial charge on any atom is -0.325 e. The van der Waals surface area contributed by atoms with Gasteiger partial charge in [-0.2, -0.15) is 0 Å². The maximum absolute atomic E-state index is 12.8. The molecule has 0 unspecified atom stereocenters. The van der Waals surface area contributed by atoms with Gasteiger partial charge in [-0.3, -0.25) is 9.10 Å². The van der Waals surface area contributed by atoms with Gasteiger partial charge in [0.05, 0.1) is 23.3 Å². The van der Waals surface area contributed by atoms with E-state index in [1.165, 1.54) is 17.5 Å². The number of carbonyl (C=O) groups excluding carboxylic acids is 1. The maximum Gasteiger partial charge on any atom is 0.267 e. The summed E-state index contributed by atoms with van der Waals surface area (Å²) in [5.74, 6) is -0.0735. The lowest BCUT2D eigenvalue weighted by Gasteiger charge is -2.28. The topological polar surface area (TPSA) is 92.3 Å². The van der Waals surface area contributed by atoms with Crippen LogP contribution in [0.25, 0.3) is 11.3 Å². The summed E-state index contributed by atoms with van der Waals surface area (Å²) in [4.78, 5) is 21.0. The monoisotopic (exact) mass is 440 g/mol. The Balaban J connectivity index is 1.59. The predicted molar refractivity (Wildman–Crippen MR) is 118 cm³/mol. The second-order valence-corrected chi connectivity index (χ2v) is 9.95. The largest absolute Gasteiger partial charge is 0.325 e. The SMILES string of the molecule is Cc1cccc(NC(=O)CSc2ncc3c(n2)-c2cc(C)ccc2N(C)S3(=O)=O)c1. The van der Waals surface area contributed by atoms with Gasteiger partial charge in [0.25, 0.3) is 10.0 Å². The minimum absolute atomic E-state index is 0.0664. The molecule has 0 spiro atoms. The van der Waals surface area contributed by atoms with Gasteiger partial charge < -0.3 is 5.32 Å². The Bertz CT molecular complexity index is 1260. The molecule has 7 nitrogen and oxygen atoms in total. The molecule has 1 amide bonds. The van der Waals surface area contributed by atoms with Crippen LogP contribution in [-0.2, 0) is 14.8 Å². The van der Waals surface area contributed by atoms with E-state index in [0.29, 0.717) is 16.5 Å². The van der Waals surface area contributed by atoms with Crippen LogP contribution in [0.5, 0.6) is 0 Å². The van der Waals surface area contributed by atoms with Gasteiger partial charge in [0.1, 0.15) is 4.90 Å². The molecule has 1 aliphatic heterocycles. The number of thioether (sulfide) groups is 1. The van der Waals surface area contributed by atoms with Crippen molar-refractivity contribution in [2.45, 2.75) is 23.9 Å². The molecule has 9 heteroatoms. The highest BCUT2D eigenvalue weighted by Crippen LogP contribution is 2.41. The molecule has 0 saturated heterocycles. The van der Waals surface area contributed by atoms with Crippen LogP contribution in [0.3, 0.4) is 0 Å². The lowest BCUT2D eigenvalue weighted by Crippen LogP contribution is -2.31. The molecule has 4 rings (SSSR count). The lowest BCUT2D eigenvalue weighted by atomic mass is 10.1. The summed E-state index contributed by atoms with van der Waals surface area (Å²) in [6.07, 6.45) is 1.32. The fourth-order valence-corrected chi connectivity index (χ4v) is 5.16. The van der Waals surface area contributed by atoms with Crippen LogP contribution < -0.4 is 9.62 Å². The van der Waals surface area contributed by atoms with Gasteiger partial charge in [-0.05, 0) is 43.7 Å². The Morgan fingerprint density at radius 1 is 1.13 bits per heavy atom. The van der Waals surface area contributed by atoms with Crippen LogP contribution >= 0.6 is 11.8 Å². The van der Waals surface area contributed by atoms with E-state index in [4.69, 9.17) is 0 Å². The lowest BCUT2D eigenvalue weighted by molar-refractivity contribution is -0.113. The van der Waals surface area contributed by atoms with Gasteiger partial charge in [0, 0.05) is 18.3 Å². The number of hydrogen-bond acceptors (Lipinski definition) is 6. The van der Waals surface area contributed by atoms with Crippen molar-refractivity contribution in [2.75, 3.05) is 22.4 Å². The number of nitrogens with zero attached hydrogens (tertiary/aromatic N) is 3. The highest BCUT2D eigenvalue weighted by molar-refractivity contribution is 7.99. The van der Waals surface area contributed by atoms with Crippen molar-refractivity contribution >= 4 is 39.1 Å². The van der Waals surface area contributed by atoms with Crippen molar-refractivity contribution in [1.82, 2.24) is 9.97 Å². The molecule has 0 atom stereocenters. The fraction of sp³-hybridized carbons (Fsp3) is 0.190. The van der Waals surface area contributed by atoms with Crippen molar-refractivity contribution in [2.24, 2.45) is 0 Å². The Morgan fingerprint density at radius 2 is 1.90 bits per heavy atom. The standard InChI is InChI=1S/C21H20N4O3S2/c1-13-5-4-6-15(9-13)23-19(26)12-29-21-22-11-18-20(24-21)16-10-14(2)7-8-17(16)25(3)30(18,27)28/h4-11H,12H2,1-3H3,(H,23,26). The molecule has 0 fully saturated rings. The van der Waals surface area contributed by atoms with Gasteiger partial charge in [-0.25, -0.2) is 18.4 Å². The van der Waals surface area contributed by atoms with Gasteiger partial charge in [0.15, 0.2) is 5.16 Å². The summed E-state index contributed by atoms with van der Waals surface area (Å²) < 4.78 is 26.9. The molecule has 0 bridgehead atoms. The predicted octanol–water partition coefficient (Wildman–Crippen LogP) is 3.63. The van der Waals surface area contributed by atoms with Crippen molar-refractivity contribution in [1.29, 1.82) is 0 Å². The molecule has 0 radical (unpaired) electrons. The van der Waals surface area contributed by atoms with E-state index >= 15 is 0 Å². The molecule has 1 aliphatic rings. The van der Waals surface area contributed by atoms with Gasteiger partial charge in [0.2, 0.25) is 5.91 Å². The number of amides is 1. The number of hydrogen-bond donors (Lipinski definition) is 1. The average molecular weight is 441 g/mol. The molecule has 1 N–H and O–H groups in total. The maximum atomic E-state index is 12.8. The highest BCUT2D eigenvalue weighted by Gasteiger charge is 2.34. The van der Waals surface area contributed by atoms with Crippen LogP contribution in [0.4, 0.5) is 11.4 Å². The van der Waals surface area contributed by atoms with Crippen LogP contribution in [0.15, 0.2) is 58.7 Å². The first-order valence-corrected chi connectivity index (χ1v) is 11.6. The van der Waals surface area contributed by atoms with Crippen LogP contribution in [0, 0.1) is 13.8 Å². The smallest absolute Gasteiger partial charge is 0.267 e. The van der Waals surface area contributed by atoms with Crippen LogP contribution in [-0.4, -0.2) is 37.1 Å². The van der Waals surface area contributed by atoms with E-state index in [2.05, 4.69) is 15.3 Å². The van der Waals surface area contributed by atoms with Crippen LogP contribution in [0.2, 0.25) is 0 Å². The number of carbonyl (C=O) groups is 1. The molecule has 0 saturated carbocycles. The van der Waals surface area contributed by atoms with E-state index in [0.717, 1.165) is 34.1 Å². The normalized spacial score (nSPS) is 14.0. The molecule has 3 aromatic rings. The summed E-state index contributed by atoms with van der Waals surface area (Å²) in [6, 6.07) is 13.1. The number of benzene rings is 2. The van der Waals surface area contributed by atoms with E-state index in [9.17, 15) is 13.2 Å². The Morgan fingerprint density at radius 3 is 2.67 bits per heavy atom. The molecular weight excluding hydrogens is 420 g/mol. The average Bonchev–Trinajstić information content (AvgIpc) is 2.70. The third kappa shape index (κ3) is 3.78. The van der Waals surface area contributed by atoms with E-state index < -0.39 is 10.0 Å². The molecule has 1 aromatic heterocycles. The van der Waals surface area contributed by atoms with E-state index in [-0.39, 0.29) is 16.6 Å². The second-order valence-electron chi connectivity index (χ2n) is 7.06. The third-order valence-corrected chi connectivity index (χ3v) is 7.39. The van der Waals surface area contributed by atoms with Crippen molar-refractivity contribution in [3.8, 4) is 11.3 Å². The Hall–Kier alpha value is -2.91. The zero-order valence-electron chi connectivity index (χ0n) is 16.7. The zero-order chi connectivity index (χ0) is 21.5. The van der Waals surface area contributed by atoms with E-state index in [1.807, 2.05) is 50.2 Å². The molecular formula is C21H20N4O3S2. The Labute approximate surface area is 179 Å². The quantitative estimate of drug-likeness (QED) is 0.492. The van der Waals surface area contributed by atoms with E-state index in [1.54, 1.807) is 6.07 Å². The molecule has 30 heavy (non-hydrogen) atoms. The summed E-state index contributed by atoms with van der Waals surface area (Å²) >= 11 is 1.16. The summed E-state index contributed by atoms with van der Waals surface area (Å²) in [5, 5.41) is 3.19. The van der Waals surface area contributed by atoms with Crippen molar-refractivity contribution in [3.63, 3.8) is 0 Å². The third-order valence-electron chi connectivity index (χ3n) is 4.75. The molecule has 2 heterocycles. The first-order chi connectivity index (χ1) is 14.3. The molecule has 0 aliphatic carbocycles. The summed E-state index contributed by atoms with van der Waals surface area (Å²) in [7, 11) is -2.20. The molecule has 2 aromatic carbocycles. The number of aromatic nitrogens is 2. The number of fused-ring (bicyclic) bond motifs is 3. The van der Waals surface area contributed by atoms with Crippen LogP contribution in [0.1, 0.15) is 11.1 Å². The fourth-order valence-electron chi connectivity index (χ4n) is 3.25. The Kier molecular flexibility index (Phi) is 5.25. The van der Waals surface area contributed by atoms with Gasteiger partial charge in [-0.15, -0.1) is 0 Å². The zero-order valence-corrected chi connectivity index (χ0v) is 18.3. The van der Waals surface area contributed by atoms with Crippen molar-refractivity contribution < 1.29 is 13.2 Å². The minimum atomic E-state index is -3.72. The first kappa shape index (κ1) is 20.4. The van der Waals surface area contributed by atoms with Crippen molar-refractivity contribution in [3.05, 3.63) is 59.8 Å². The second kappa shape index (κ2) is 7.73. The number of anilines is 2. The highest BCUT2D eigenvalue weighted by atomic mass is 32.2. The number of rotatable bonds is 4. The van der Waals surface area contributed by atoms with Gasteiger partial charge in [-0.1, -0.05) is 35.5 Å². The summed E-state index contributed by atoms with van der Waals surface area (Å²) in [6.45, 7) is 3.89. The first-order valence-electron chi connectivity index (χ1n) is 9.22. The van der Waals surface area contributed by atoms with Gasteiger partial charge >= 0.3 is 0 Å². The number of nitrogens with one attached hydrogen (secondary N) is 1. The number of sulfonamides is 1. The summed E-state index contributed by atoms with van der Waals surface area (Å²) in [5.41, 5.74) is 4.45. The molecule has 154 valence electrons.